The summed E-state index contributed by atoms with van der Waals surface area (Å²) in [6.07, 6.45) is 5.38. The lowest BCUT2D eigenvalue weighted by Gasteiger charge is -2.48. The molecule has 4 aliphatic rings. The lowest BCUT2D eigenvalue weighted by molar-refractivity contribution is -0.139. The highest BCUT2D eigenvalue weighted by Gasteiger charge is 2.69. The summed E-state index contributed by atoms with van der Waals surface area (Å²) in [5, 5.41) is 11.1. The Morgan fingerprint density at radius 2 is 2.21 bits per heavy atom. The zero-order valence-corrected chi connectivity index (χ0v) is 13.6. The van der Waals surface area contributed by atoms with Crippen LogP contribution >= 0.6 is 0 Å². The number of epoxide rings is 1. The molecule has 1 heterocycles. The normalized spacial score (nSPS) is 41.8. The third-order valence-electron chi connectivity index (χ3n) is 6.49. The van der Waals surface area contributed by atoms with E-state index in [2.05, 4.69) is 0 Å². The summed E-state index contributed by atoms with van der Waals surface area (Å²) in [5.74, 6) is 0.0202. The van der Waals surface area contributed by atoms with Crippen molar-refractivity contribution in [1.82, 2.24) is 0 Å². The van der Waals surface area contributed by atoms with Crippen LogP contribution in [0.25, 0.3) is 0 Å². The van der Waals surface area contributed by atoms with Gasteiger partial charge in [0.2, 0.25) is 0 Å². The molecule has 1 saturated heterocycles. The summed E-state index contributed by atoms with van der Waals surface area (Å²) >= 11 is 0. The number of ketones is 2. The zero-order chi connectivity index (χ0) is 16.6. The van der Waals surface area contributed by atoms with Gasteiger partial charge in [-0.25, -0.2) is 0 Å². The van der Waals surface area contributed by atoms with E-state index in [4.69, 9.17) is 4.74 Å². The van der Waals surface area contributed by atoms with Gasteiger partial charge in [-0.1, -0.05) is 18.2 Å². The van der Waals surface area contributed by atoms with Crippen LogP contribution in [0.5, 0.6) is 0 Å². The molecule has 0 aromatic heterocycles. The van der Waals surface area contributed by atoms with E-state index in [1.165, 1.54) is 11.1 Å². The molecule has 0 unspecified atom stereocenters. The summed E-state index contributed by atoms with van der Waals surface area (Å²) in [7, 11) is 0. The number of aryl methyl sites for hydroxylation is 1. The number of hydrogen-bond acceptors (Lipinski definition) is 4. The minimum absolute atomic E-state index is 0.00206. The SMILES string of the molecule is CC(=O)c1ccc2c(c1)CC[C@H]1[C@H]2[C@@H]2O[C@@H]2[C@@]2(O)CC=CC(=O)[C@H]12. The second-order valence-corrected chi connectivity index (χ2v) is 7.70. The molecule has 1 N–H and O–H groups in total. The Bertz CT molecular complexity index is 795. The molecule has 2 fully saturated rings. The average Bonchev–Trinajstić information content (AvgIpc) is 3.35. The van der Waals surface area contributed by atoms with Crippen LogP contribution in [-0.2, 0) is 16.0 Å². The first-order chi connectivity index (χ1) is 11.5. The van der Waals surface area contributed by atoms with Crippen LogP contribution in [0.1, 0.15) is 47.2 Å². The van der Waals surface area contributed by atoms with E-state index in [-0.39, 0.29) is 41.5 Å². The van der Waals surface area contributed by atoms with Crippen LogP contribution in [-0.4, -0.2) is 34.5 Å². The standard InChI is InChI=1S/C20H20O4/c1-10(21)11-4-6-13-12(9-11)5-7-14-16(13)18-19(24-18)20(23)8-2-3-15(22)17(14)20/h2-4,6,9,14,16-19,23H,5,7-8H2,1H3/t14-,16-,17-,18-,19-,20+/m0/s1. The first kappa shape index (κ1) is 14.6. The van der Waals surface area contributed by atoms with Crippen LogP contribution in [0.4, 0.5) is 0 Å². The van der Waals surface area contributed by atoms with E-state index >= 15 is 0 Å². The number of allylic oxidation sites excluding steroid dienone is 1. The van der Waals surface area contributed by atoms with E-state index in [0.717, 1.165) is 18.4 Å². The van der Waals surface area contributed by atoms with Gasteiger partial charge in [0.25, 0.3) is 0 Å². The third-order valence-corrected chi connectivity index (χ3v) is 6.49. The van der Waals surface area contributed by atoms with Crippen LogP contribution in [0.3, 0.4) is 0 Å². The highest BCUT2D eigenvalue weighted by molar-refractivity contribution is 5.95. The molecule has 124 valence electrons. The molecule has 4 heteroatoms. The van der Waals surface area contributed by atoms with E-state index in [9.17, 15) is 14.7 Å². The summed E-state index contributed by atoms with van der Waals surface area (Å²) in [6, 6.07) is 5.91. The zero-order valence-electron chi connectivity index (χ0n) is 13.6. The number of carbonyl (C=O) groups is 2. The quantitative estimate of drug-likeness (QED) is 0.635. The second-order valence-electron chi connectivity index (χ2n) is 7.70. The maximum Gasteiger partial charge on any atom is 0.161 e. The number of fused-ring (bicyclic) bond motifs is 8. The van der Waals surface area contributed by atoms with Gasteiger partial charge < -0.3 is 9.84 Å². The number of Topliss-reactive ketones (excluding diaryl/α,β-unsaturated/α-hetero) is 1. The molecular weight excluding hydrogens is 304 g/mol. The Morgan fingerprint density at radius 3 is 3.00 bits per heavy atom. The summed E-state index contributed by atoms with van der Waals surface area (Å²) in [4.78, 5) is 24.2. The first-order valence-electron chi connectivity index (χ1n) is 8.72. The summed E-state index contributed by atoms with van der Waals surface area (Å²) in [5.41, 5.74) is 2.11. The molecule has 0 bridgehead atoms. The number of carbonyl (C=O) groups excluding carboxylic acids is 2. The smallest absolute Gasteiger partial charge is 0.161 e. The number of aliphatic hydroxyl groups is 1. The molecule has 1 aromatic carbocycles. The highest BCUT2D eigenvalue weighted by Crippen LogP contribution is 2.61. The lowest BCUT2D eigenvalue weighted by atomic mass is 9.55. The molecule has 24 heavy (non-hydrogen) atoms. The van der Waals surface area contributed by atoms with Gasteiger partial charge >= 0.3 is 0 Å². The fraction of sp³-hybridized carbons (Fsp3) is 0.500. The lowest BCUT2D eigenvalue weighted by Crippen LogP contribution is -2.57. The minimum atomic E-state index is -1.03. The Labute approximate surface area is 140 Å². The van der Waals surface area contributed by atoms with Crippen molar-refractivity contribution in [2.45, 2.75) is 49.9 Å². The van der Waals surface area contributed by atoms with Gasteiger partial charge in [0.1, 0.15) is 11.7 Å². The predicted octanol–water partition coefficient (Wildman–Crippen LogP) is 2.19. The number of ether oxygens (including phenoxy) is 1. The molecule has 6 atom stereocenters. The summed E-state index contributed by atoms with van der Waals surface area (Å²) < 4.78 is 5.90. The largest absolute Gasteiger partial charge is 0.386 e. The monoisotopic (exact) mass is 324 g/mol. The Kier molecular flexibility index (Phi) is 2.82. The van der Waals surface area contributed by atoms with Crippen molar-refractivity contribution >= 4 is 11.6 Å². The Morgan fingerprint density at radius 1 is 1.38 bits per heavy atom. The third kappa shape index (κ3) is 1.76. The van der Waals surface area contributed by atoms with Crippen molar-refractivity contribution < 1.29 is 19.4 Å². The molecule has 3 aliphatic carbocycles. The van der Waals surface area contributed by atoms with E-state index < -0.39 is 5.60 Å². The highest BCUT2D eigenvalue weighted by atomic mass is 16.6. The Balaban J connectivity index is 1.60. The van der Waals surface area contributed by atoms with Gasteiger partial charge in [0.05, 0.1) is 12.0 Å². The number of rotatable bonds is 1. The van der Waals surface area contributed by atoms with Gasteiger partial charge in [-0.3, -0.25) is 9.59 Å². The maximum absolute atomic E-state index is 12.6. The van der Waals surface area contributed by atoms with Gasteiger partial charge in [-0.15, -0.1) is 0 Å². The second kappa shape index (κ2) is 4.64. The van der Waals surface area contributed by atoms with Gasteiger partial charge in [0.15, 0.2) is 11.6 Å². The van der Waals surface area contributed by atoms with Crippen molar-refractivity contribution in [3.63, 3.8) is 0 Å². The van der Waals surface area contributed by atoms with E-state index in [1.54, 1.807) is 19.1 Å². The topological polar surface area (TPSA) is 66.9 Å². The number of hydrogen-bond donors (Lipinski definition) is 1. The molecule has 0 spiro atoms. The molecule has 4 nitrogen and oxygen atoms in total. The van der Waals surface area contributed by atoms with E-state index in [1.807, 2.05) is 18.2 Å². The average molecular weight is 324 g/mol. The molecular formula is C20H20O4. The van der Waals surface area contributed by atoms with Crippen molar-refractivity contribution in [2.75, 3.05) is 0 Å². The molecule has 5 rings (SSSR count). The molecule has 1 saturated carbocycles. The Hall–Kier alpha value is -1.78. The van der Waals surface area contributed by atoms with Crippen LogP contribution in [0.15, 0.2) is 30.4 Å². The number of benzene rings is 1. The van der Waals surface area contributed by atoms with Gasteiger partial charge in [0, 0.05) is 11.5 Å². The van der Waals surface area contributed by atoms with Crippen LogP contribution in [0.2, 0.25) is 0 Å². The first-order valence-corrected chi connectivity index (χ1v) is 8.72. The summed E-state index contributed by atoms with van der Waals surface area (Å²) in [6.45, 7) is 1.58. The van der Waals surface area contributed by atoms with Crippen molar-refractivity contribution in [3.05, 3.63) is 47.0 Å². The van der Waals surface area contributed by atoms with Gasteiger partial charge in [-0.05, 0) is 55.4 Å². The van der Waals surface area contributed by atoms with Crippen molar-refractivity contribution in [2.24, 2.45) is 11.8 Å². The van der Waals surface area contributed by atoms with Gasteiger partial charge in [-0.2, -0.15) is 0 Å². The fourth-order valence-corrected chi connectivity index (χ4v) is 5.41. The van der Waals surface area contributed by atoms with E-state index in [0.29, 0.717) is 6.42 Å². The molecule has 0 radical (unpaired) electrons. The minimum Gasteiger partial charge on any atom is -0.386 e. The molecule has 0 amide bonds. The predicted molar refractivity (Wildman–Crippen MR) is 86.9 cm³/mol. The van der Waals surface area contributed by atoms with Crippen LogP contribution < -0.4 is 0 Å². The fourth-order valence-electron chi connectivity index (χ4n) is 5.41. The molecule has 1 aromatic rings. The molecule has 1 aliphatic heterocycles. The van der Waals surface area contributed by atoms with Crippen LogP contribution in [0, 0.1) is 11.8 Å². The maximum atomic E-state index is 12.6. The van der Waals surface area contributed by atoms with Crippen molar-refractivity contribution in [3.8, 4) is 0 Å². The van der Waals surface area contributed by atoms with Crippen molar-refractivity contribution in [1.29, 1.82) is 0 Å².